The first-order chi connectivity index (χ1) is 9.29. The molecule has 5 nitrogen and oxygen atoms in total. The van der Waals surface area contributed by atoms with Crippen LogP contribution in [0.3, 0.4) is 0 Å². The van der Waals surface area contributed by atoms with Gasteiger partial charge in [0, 0.05) is 18.3 Å². The van der Waals surface area contributed by atoms with Crippen molar-refractivity contribution in [3.05, 3.63) is 23.8 Å². The van der Waals surface area contributed by atoms with Gasteiger partial charge in [-0.15, -0.1) is 0 Å². The Morgan fingerprint density at radius 3 is 2.45 bits per heavy atom. The van der Waals surface area contributed by atoms with Gasteiger partial charge in [0.05, 0.1) is 6.04 Å². The van der Waals surface area contributed by atoms with Crippen molar-refractivity contribution in [3.8, 4) is 0 Å². The topological polar surface area (TPSA) is 84.2 Å². The fourth-order valence-corrected chi connectivity index (χ4v) is 1.87. The summed E-state index contributed by atoms with van der Waals surface area (Å²) in [4.78, 5) is 23.1. The number of amides is 2. The van der Waals surface area contributed by atoms with Crippen molar-refractivity contribution < 1.29 is 9.59 Å². The first-order valence-corrected chi connectivity index (χ1v) is 6.74. The van der Waals surface area contributed by atoms with Gasteiger partial charge in [-0.2, -0.15) is 0 Å². The molecular formula is C15H23N3O2. The van der Waals surface area contributed by atoms with Crippen LogP contribution in [-0.4, -0.2) is 17.9 Å². The van der Waals surface area contributed by atoms with Gasteiger partial charge in [0.15, 0.2) is 0 Å². The van der Waals surface area contributed by atoms with Crippen LogP contribution >= 0.6 is 0 Å². The third-order valence-corrected chi connectivity index (χ3v) is 2.88. The number of rotatable bonds is 5. The minimum atomic E-state index is -0.527. The van der Waals surface area contributed by atoms with Crippen molar-refractivity contribution in [2.45, 2.75) is 40.2 Å². The Balaban J connectivity index is 2.77. The molecule has 110 valence electrons. The second-order valence-corrected chi connectivity index (χ2v) is 5.44. The maximum atomic E-state index is 11.9. The van der Waals surface area contributed by atoms with Crippen LogP contribution in [0.25, 0.3) is 0 Å². The van der Waals surface area contributed by atoms with Gasteiger partial charge in [0.1, 0.15) is 0 Å². The van der Waals surface area contributed by atoms with Crippen LogP contribution in [0.5, 0.6) is 0 Å². The fourth-order valence-electron chi connectivity index (χ4n) is 1.87. The van der Waals surface area contributed by atoms with E-state index in [-0.39, 0.29) is 11.8 Å². The maximum absolute atomic E-state index is 11.9. The van der Waals surface area contributed by atoms with Gasteiger partial charge in [-0.3, -0.25) is 9.59 Å². The number of carbonyl (C=O) groups is 2. The van der Waals surface area contributed by atoms with E-state index in [1.54, 1.807) is 12.1 Å². The van der Waals surface area contributed by atoms with Crippen molar-refractivity contribution in [1.82, 2.24) is 0 Å². The van der Waals surface area contributed by atoms with Gasteiger partial charge < -0.3 is 16.4 Å². The molecule has 0 fully saturated rings. The number of hydrogen-bond acceptors (Lipinski definition) is 3. The average molecular weight is 277 g/mol. The number of benzene rings is 1. The summed E-state index contributed by atoms with van der Waals surface area (Å²) in [5.74, 6) is 0.00752. The molecule has 1 atom stereocenters. The highest BCUT2D eigenvalue weighted by Gasteiger charge is 2.15. The number of anilines is 2. The van der Waals surface area contributed by atoms with E-state index in [1.807, 2.05) is 26.8 Å². The molecule has 1 rings (SSSR count). The lowest BCUT2D eigenvalue weighted by atomic mass is 10.0. The first-order valence-electron chi connectivity index (χ1n) is 6.74. The molecule has 0 bridgehead atoms. The summed E-state index contributed by atoms with van der Waals surface area (Å²) in [7, 11) is 0. The zero-order valence-electron chi connectivity index (χ0n) is 12.5. The summed E-state index contributed by atoms with van der Waals surface area (Å²) in [6, 6.07) is 4.84. The lowest BCUT2D eigenvalue weighted by Gasteiger charge is -2.15. The van der Waals surface area contributed by atoms with Crippen molar-refractivity contribution >= 4 is 23.2 Å². The second-order valence-electron chi connectivity index (χ2n) is 5.44. The first kappa shape index (κ1) is 16.2. The van der Waals surface area contributed by atoms with Crippen molar-refractivity contribution in [3.63, 3.8) is 0 Å². The van der Waals surface area contributed by atoms with E-state index < -0.39 is 6.04 Å². The molecule has 0 radical (unpaired) electrons. The molecule has 0 aromatic heterocycles. The van der Waals surface area contributed by atoms with E-state index >= 15 is 0 Å². The van der Waals surface area contributed by atoms with Gasteiger partial charge in [-0.05, 0) is 37.0 Å². The summed E-state index contributed by atoms with van der Waals surface area (Å²) >= 11 is 0. The molecular weight excluding hydrogens is 254 g/mol. The fraction of sp³-hybridized carbons (Fsp3) is 0.467. The number of hydrogen-bond donors (Lipinski definition) is 3. The molecule has 0 saturated heterocycles. The van der Waals surface area contributed by atoms with Gasteiger partial charge in [0.2, 0.25) is 11.8 Å². The molecule has 0 unspecified atom stereocenters. The number of nitrogens with two attached hydrogens (primary N) is 1. The molecule has 4 N–H and O–H groups in total. The lowest BCUT2D eigenvalue weighted by molar-refractivity contribution is -0.117. The molecule has 0 aliphatic heterocycles. The van der Waals surface area contributed by atoms with E-state index in [9.17, 15) is 9.59 Å². The highest BCUT2D eigenvalue weighted by Crippen LogP contribution is 2.20. The smallest absolute Gasteiger partial charge is 0.241 e. The predicted octanol–water partition coefficient (Wildman–Crippen LogP) is 2.27. The highest BCUT2D eigenvalue weighted by molar-refractivity contribution is 5.96. The third kappa shape index (κ3) is 5.01. The number of nitrogens with one attached hydrogen (secondary N) is 2. The van der Waals surface area contributed by atoms with E-state index in [2.05, 4.69) is 10.6 Å². The number of aryl methyl sites for hydroxylation is 1. The van der Waals surface area contributed by atoms with Crippen molar-refractivity contribution in [2.24, 2.45) is 11.7 Å². The number of carbonyl (C=O) groups excluding carboxylic acids is 2. The SMILES string of the molecule is CC(=O)Nc1cc(NC(=O)[C@@H](N)CC(C)C)ccc1C. The average Bonchev–Trinajstić information content (AvgIpc) is 2.31. The van der Waals surface area contributed by atoms with E-state index in [1.165, 1.54) is 6.92 Å². The van der Waals surface area contributed by atoms with Crippen LogP contribution in [0.2, 0.25) is 0 Å². The van der Waals surface area contributed by atoms with Gasteiger partial charge in [0.25, 0.3) is 0 Å². The van der Waals surface area contributed by atoms with E-state index in [0.717, 1.165) is 5.56 Å². The molecule has 2 amide bonds. The largest absolute Gasteiger partial charge is 0.326 e. The van der Waals surface area contributed by atoms with Crippen molar-refractivity contribution in [1.29, 1.82) is 0 Å². The molecule has 0 spiro atoms. The summed E-state index contributed by atoms with van der Waals surface area (Å²) in [6.07, 6.45) is 0.635. The predicted molar refractivity (Wildman–Crippen MR) is 81.5 cm³/mol. The standard InChI is InChI=1S/C15H23N3O2/c1-9(2)7-13(16)15(20)18-12-6-5-10(3)14(8-12)17-11(4)19/h5-6,8-9,13H,7,16H2,1-4H3,(H,17,19)(H,18,20)/t13-/m0/s1. The zero-order chi connectivity index (χ0) is 15.3. The highest BCUT2D eigenvalue weighted by atomic mass is 16.2. The quantitative estimate of drug-likeness (QED) is 0.772. The van der Waals surface area contributed by atoms with E-state index in [4.69, 9.17) is 5.73 Å². The Hall–Kier alpha value is -1.88. The van der Waals surface area contributed by atoms with Gasteiger partial charge in [-0.25, -0.2) is 0 Å². The van der Waals surface area contributed by atoms with Crippen LogP contribution < -0.4 is 16.4 Å². The Bertz CT molecular complexity index is 498. The molecule has 5 heteroatoms. The third-order valence-electron chi connectivity index (χ3n) is 2.88. The van der Waals surface area contributed by atoms with Gasteiger partial charge >= 0.3 is 0 Å². The van der Waals surface area contributed by atoms with Crippen molar-refractivity contribution in [2.75, 3.05) is 10.6 Å². The van der Waals surface area contributed by atoms with Crippen LogP contribution in [0.1, 0.15) is 32.8 Å². The minimum absolute atomic E-state index is 0.145. The molecule has 20 heavy (non-hydrogen) atoms. The van der Waals surface area contributed by atoms with E-state index in [0.29, 0.717) is 23.7 Å². The lowest BCUT2D eigenvalue weighted by Crippen LogP contribution is -2.36. The Morgan fingerprint density at radius 2 is 1.90 bits per heavy atom. The van der Waals surface area contributed by atoms with Crippen LogP contribution in [0.15, 0.2) is 18.2 Å². The summed E-state index contributed by atoms with van der Waals surface area (Å²) in [6.45, 7) is 7.38. The molecule has 1 aromatic rings. The summed E-state index contributed by atoms with van der Waals surface area (Å²) in [5.41, 5.74) is 8.08. The van der Waals surface area contributed by atoms with Crippen LogP contribution in [0, 0.1) is 12.8 Å². The van der Waals surface area contributed by atoms with Crippen LogP contribution in [-0.2, 0) is 9.59 Å². The second kappa shape index (κ2) is 7.05. The Morgan fingerprint density at radius 1 is 1.25 bits per heavy atom. The minimum Gasteiger partial charge on any atom is -0.326 e. The summed E-state index contributed by atoms with van der Waals surface area (Å²) < 4.78 is 0. The monoisotopic (exact) mass is 277 g/mol. The molecule has 0 aliphatic rings. The Labute approximate surface area is 119 Å². The summed E-state index contributed by atoms with van der Waals surface area (Å²) in [5, 5.41) is 5.50. The normalized spacial score (nSPS) is 12.1. The zero-order valence-corrected chi connectivity index (χ0v) is 12.5. The van der Waals surface area contributed by atoms with Gasteiger partial charge in [-0.1, -0.05) is 19.9 Å². The molecule has 0 saturated carbocycles. The maximum Gasteiger partial charge on any atom is 0.241 e. The molecule has 0 heterocycles. The molecule has 0 aliphatic carbocycles. The Kier molecular flexibility index (Phi) is 5.70. The van der Waals surface area contributed by atoms with Crippen LogP contribution in [0.4, 0.5) is 11.4 Å². The molecule has 1 aromatic carbocycles.